The quantitative estimate of drug-likeness (QED) is 0.697. The molecule has 0 heterocycles. The summed E-state index contributed by atoms with van der Waals surface area (Å²) in [4.78, 5) is 0. The molecule has 13 heavy (non-hydrogen) atoms. The summed E-state index contributed by atoms with van der Waals surface area (Å²) in [6.07, 6.45) is 8.68. The van der Waals surface area contributed by atoms with Gasteiger partial charge in [0.1, 0.15) is 0 Å². The van der Waals surface area contributed by atoms with Crippen LogP contribution in [0.2, 0.25) is 0 Å². The largest absolute Gasteiger partial charge is 0.393 e. The first-order chi connectivity index (χ1) is 6.34. The zero-order valence-corrected chi connectivity index (χ0v) is 8.34. The van der Waals surface area contributed by atoms with Crippen LogP contribution in [-0.2, 0) is 0 Å². The van der Waals surface area contributed by atoms with Crippen molar-refractivity contribution in [3.05, 3.63) is 0 Å². The highest BCUT2D eigenvalue weighted by atomic mass is 16.3. The molecule has 76 valence electrons. The summed E-state index contributed by atoms with van der Waals surface area (Å²) in [5, 5.41) is 13.0. The number of hydrogen-bond donors (Lipinski definition) is 2. The second kappa shape index (κ2) is 4.43. The minimum absolute atomic E-state index is 0.0000437. The molecule has 0 aromatic rings. The summed E-state index contributed by atoms with van der Waals surface area (Å²) >= 11 is 0. The Bertz CT molecular complexity index is 148. The molecular formula is C11H21NO. The number of hydrogen-bond acceptors (Lipinski definition) is 2. The van der Waals surface area contributed by atoms with E-state index in [1.807, 2.05) is 0 Å². The molecular weight excluding hydrogens is 162 g/mol. The van der Waals surface area contributed by atoms with Crippen molar-refractivity contribution in [3.63, 3.8) is 0 Å². The molecule has 0 aromatic carbocycles. The molecule has 0 radical (unpaired) electrons. The average molecular weight is 183 g/mol. The highest BCUT2D eigenvalue weighted by molar-refractivity contribution is 4.79. The highest BCUT2D eigenvalue weighted by Crippen LogP contribution is 2.25. The van der Waals surface area contributed by atoms with Crippen LogP contribution in [0.1, 0.15) is 44.9 Å². The molecule has 0 amide bonds. The van der Waals surface area contributed by atoms with E-state index in [1.165, 1.54) is 38.6 Å². The van der Waals surface area contributed by atoms with Gasteiger partial charge in [-0.15, -0.1) is 0 Å². The molecule has 0 saturated heterocycles. The second-order valence-corrected chi connectivity index (χ2v) is 4.71. The van der Waals surface area contributed by atoms with Crippen molar-refractivity contribution in [1.29, 1.82) is 0 Å². The van der Waals surface area contributed by atoms with Crippen LogP contribution in [0, 0.1) is 5.92 Å². The summed E-state index contributed by atoms with van der Waals surface area (Å²) in [5.41, 5.74) is 0. The Morgan fingerprint density at radius 2 is 1.69 bits per heavy atom. The van der Waals surface area contributed by atoms with Crippen LogP contribution in [-0.4, -0.2) is 23.8 Å². The molecule has 0 spiro atoms. The lowest BCUT2D eigenvalue weighted by molar-refractivity contribution is 0.106. The van der Waals surface area contributed by atoms with Gasteiger partial charge < -0.3 is 10.4 Å². The molecule has 2 heteroatoms. The van der Waals surface area contributed by atoms with E-state index in [1.54, 1.807) is 0 Å². The van der Waals surface area contributed by atoms with Crippen molar-refractivity contribution in [3.8, 4) is 0 Å². The SMILES string of the molecule is OC1CCC(CNC2CCC2)CC1. The first-order valence-corrected chi connectivity index (χ1v) is 5.76. The third kappa shape index (κ3) is 2.68. The molecule has 2 fully saturated rings. The van der Waals surface area contributed by atoms with Gasteiger partial charge in [-0.2, -0.15) is 0 Å². The maximum Gasteiger partial charge on any atom is 0.0540 e. The van der Waals surface area contributed by atoms with Crippen molar-refractivity contribution < 1.29 is 5.11 Å². The van der Waals surface area contributed by atoms with E-state index in [0.29, 0.717) is 0 Å². The molecule has 0 atom stereocenters. The van der Waals surface area contributed by atoms with Gasteiger partial charge in [-0.1, -0.05) is 6.42 Å². The summed E-state index contributed by atoms with van der Waals surface area (Å²) in [6.45, 7) is 1.19. The molecule has 2 aliphatic rings. The molecule has 2 N–H and O–H groups in total. The lowest BCUT2D eigenvalue weighted by Crippen LogP contribution is -2.39. The van der Waals surface area contributed by atoms with Crippen LogP contribution in [0.15, 0.2) is 0 Å². The van der Waals surface area contributed by atoms with Gasteiger partial charge in [0.2, 0.25) is 0 Å². The maximum absolute atomic E-state index is 9.34. The third-order valence-electron chi connectivity index (χ3n) is 3.62. The minimum Gasteiger partial charge on any atom is -0.393 e. The van der Waals surface area contributed by atoms with E-state index in [2.05, 4.69) is 5.32 Å². The van der Waals surface area contributed by atoms with Crippen LogP contribution in [0.4, 0.5) is 0 Å². The monoisotopic (exact) mass is 183 g/mol. The molecule has 2 aliphatic carbocycles. The minimum atomic E-state index is -0.0000437. The number of nitrogens with one attached hydrogen (secondary N) is 1. The Labute approximate surface area is 80.7 Å². The van der Waals surface area contributed by atoms with Crippen LogP contribution in [0.25, 0.3) is 0 Å². The summed E-state index contributed by atoms with van der Waals surface area (Å²) in [5.74, 6) is 0.837. The molecule has 0 aliphatic heterocycles. The Balaban J connectivity index is 1.59. The van der Waals surface area contributed by atoms with Crippen molar-refractivity contribution in [2.75, 3.05) is 6.54 Å². The first-order valence-electron chi connectivity index (χ1n) is 5.76. The van der Waals surface area contributed by atoms with E-state index in [9.17, 15) is 5.11 Å². The second-order valence-electron chi connectivity index (χ2n) is 4.71. The molecule has 0 bridgehead atoms. The fourth-order valence-corrected chi connectivity index (χ4v) is 2.29. The zero-order chi connectivity index (χ0) is 9.10. The van der Waals surface area contributed by atoms with Gasteiger partial charge in [0.15, 0.2) is 0 Å². The number of aliphatic hydroxyl groups excluding tert-OH is 1. The van der Waals surface area contributed by atoms with Gasteiger partial charge in [0.25, 0.3) is 0 Å². The predicted molar refractivity (Wildman–Crippen MR) is 53.6 cm³/mol. The Hall–Kier alpha value is -0.0800. The fourth-order valence-electron chi connectivity index (χ4n) is 2.29. The van der Waals surface area contributed by atoms with Crippen molar-refractivity contribution in [1.82, 2.24) is 5.32 Å². The molecule has 2 rings (SSSR count). The fraction of sp³-hybridized carbons (Fsp3) is 1.00. The lowest BCUT2D eigenvalue weighted by Gasteiger charge is -2.31. The van der Waals surface area contributed by atoms with Crippen LogP contribution < -0.4 is 5.32 Å². The topological polar surface area (TPSA) is 32.3 Å². The molecule has 0 unspecified atom stereocenters. The van der Waals surface area contributed by atoms with E-state index in [4.69, 9.17) is 0 Å². The number of rotatable bonds is 3. The van der Waals surface area contributed by atoms with E-state index in [0.717, 1.165) is 24.8 Å². The summed E-state index contributed by atoms with van der Waals surface area (Å²) < 4.78 is 0. The van der Waals surface area contributed by atoms with E-state index >= 15 is 0 Å². The normalized spacial score (nSPS) is 35.8. The first kappa shape index (κ1) is 9.47. The average Bonchev–Trinajstić information content (AvgIpc) is 2.05. The van der Waals surface area contributed by atoms with Gasteiger partial charge >= 0.3 is 0 Å². The number of aliphatic hydroxyl groups is 1. The van der Waals surface area contributed by atoms with Crippen LogP contribution in [0.5, 0.6) is 0 Å². The highest BCUT2D eigenvalue weighted by Gasteiger charge is 2.22. The third-order valence-corrected chi connectivity index (χ3v) is 3.62. The van der Waals surface area contributed by atoms with Gasteiger partial charge in [-0.25, -0.2) is 0 Å². The zero-order valence-electron chi connectivity index (χ0n) is 8.34. The van der Waals surface area contributed by atoms with Gasteiger partial charge in [0, 0.05) is 6.04 Å². The molecule has 2 saturated carbocycles. The predicted octanol–water partition coefficient (Wildman–Crippen LogP) is 1.68. The van der Waals surface area contributed by atoms with Crippen molar-refractivity contribution in [2.45, 2.75) is 57.1 Å². The lowest BCUT2D eigenvalue weighted by atomic mass is 9.86. The summed E-state index contributed by atoms with van der Waals surface area (Å²) in [7, 11) is 0. The molecule has 0 aromatic heterocycles. The Kier molecular flexibility index (Phi) is 3.23. The van der Waals surface area contributed by atoms with Gasteiger partial charge in [0.05, 0.1) is 6.10 Å². The maximum atomic E-state index is 9.34. The van der Waals surface area contributed by atoms with Crippen LogP contribution in [0.3, 0.4) is 0 Å². The van der Waals surface area contributed by atoms with Crippen molar-refractivity contribution in [2.24, 2.45) is 5.92 Å². The van der Waals surface area contributed by atoms with E-state index in [-0.39, 0.29) is 6.10 Å². The smallest absolute Gasteiger partial charge is 0.0540 e. The van der Waals surface area contributed by atoms with Gasteiger partial charge in [-0.05, 0) is 51.0 Å². The Morgan fingerprint density at radius 3 is 2.23 bits per heavy atom. The van der Waals surface area contributed by atoms with Gasteiger partial charge in [-0.3, -0.25) is 0 Å². The van der Waals surface area contributed by atoms with E-state index < -0.39 is 0 Å². The Morgan fingerprint density at radius 1 is 1.00 bits per heavy atom. The molecule has 2 nitrogen and oxygen atoms in total. The van der Waals surface area contributed by atoms with Crippen LogP contribution >= 0.6 is 0 Å². The van der Waals surface area contributed by atoms with Crippen molar-refractivity contribution >= 4 is 0 Å². The summed E-state index contributed by atoms with van der Waals surface area (Å²) in [6, 6.07) is 0.826. The standard InChI is InChI=1S/C11H21NO/c13-11-6-4-9(5-7-11)8-12-10-2-1-3-10/h9-13H,1-8H2.